The van der Waals surface area contributed by atoms with E-state index in [1.807, 2.05) is 91.0 Å². The van der Waals surface area contributed by atoms with Crippen LogP contribution in [0.1, 0.15) is 29.0 Å². The van der Waals surface area contributed by atoms with Crippen LogP contribution < -0.4 is 5.32 Å². The first kappa shape index (κ1) is 17.5. The quantitative estimate of drug-likeness (QED) is 0.680. The summed E-state index contributed by atoms with van der Waals surface area (Å²) in [5, 5.41) is 2.99. The zero-order valence-corrected chi connectivity index (χ0v) is 14.6. The van der Waals surface area contributed by atoms with Crippen molar-refractivity contribution in [3.8, 4) is 11.8 Å². The summed E-state index contributed by atoms with van der Waals surface area (Å²) in [7, 11) is 0. The summed E-state index contributed by atoms with van der Waals surface area (Å²) in [5.41, 5.74) is 3.11. The number of nitrogens with one attached hydrogen (secondary N) is 1. The fourth-order valence-corrected chi connectivity index (χ4v) is 2.68. The second-order valence-corrected chi connectivity index (χ2v) is 6.07. The van der Waals surface area contributed by atoms with Gasteiger partial charge < -0.3 is 5.32 Å². The van der Waals surface area contributed by atoms with Gasteiger partial charge in [-0.05, 0) is 23.3 Å². The molecule has 0 unspecified atom stereocenters. The Labute approximate surface area is 154 Å². The van der Waals surface area contributed by atoms with Crippen LogP contribution in [0.25, 0.3) is 0 Å². The molecule has 2 heteroatoms. The molecule has 0 aliphatic carbocycles. The molecule has 0 bridgehead atoms. The van der Waals surface area contributed by atoms with Crippen molar-refractivity contribution in [2.75, 3.05) is 0 Å². The number of rotatable bonds is 5. The lowest BCUT2D eigenvalue weighted by atomic mass is 9.95. The van der Waals surface area contributed by atoms with Crippen LogP contribution in [0.5, 0.6) is 0 Å². The minimum absolute atomic E-state index is 0.00469. The van der Waals surface area contributed by atoms with E-state index in [1.54, 1.807) is 0 Å². The number of hydrogen-bond donors (Lipinski definition) is 1. The minimum Gasteiger partial charge on any atom is -0.352 e. The van der Waals surface area contributed by atoms with Gasteiger partial charge in [-0.15, -0.1) is 0 Å². The van der Waals surface area contributed by atoms with Crippen LogP contribution in [0.3, 0.4) is 0 Å². The van der Waals surface area contributed by atoms with Crippen molar-refractivity contribution >= 4 is 5.91 Å². The highest BCUT2D eigenvalue weighted by atomic mass is 16.1. The Balaban J connectivity index is 1.70. The van der Waals surface area contributed by atoms with Crippen LogP contribution in [-0.4, -0.2) is 5.91 Å². The first-order valence-corrected chi connectivity index (χ1v) is 8.73. The molecule has 0 radical (unpaired) electrons. The summed E-state index contributed by atoms with van der Waals surface area (Å²) in [6.07, 6.45) is 0.344. The molecule has 0 aliphatic rings. The first-order chi connectivity index (χ1) is 12.8. The van der Waals surface area contributed by atoms with Crippen LogP contribution in [0.15, 0.2) is 91.0 Å². The van der Waals surface area contributed by atoms with Crippen molar-refractivity contribution in [1.29, 1.82) is 0 Å². The minimum atomic E-state index is -0.132. The largest absolute Gasteiger partial charge is 0.352 e. The lowest BCUT2D eigenvalue weighted by Gasteiger charge is -2.12. The molecule has 1 atom stereocenters. The van der Waals surface area contributed by atoms with Gasteiger partial charge in [-0.1, -0.05) is 90.7 Å². The second-order valence-electron chi connectivity index (χ2n) is 6.07. The molecule has 0 fully saturated rings. The Morgan fingerprint density at radius 1 is 0.808 bits per heavy atom. The summed E-state index contributed by atoms with van der Waals surface area (Å²) in [4.78, 5) is 12.4. The van der Waals surface area contributed by atoms with Gasteiger partial charge in [0.1, 0.15) is 0 Å². The van der Waals surface area contributed by atoms with Gasteiger partial charge >= 0.3 is 0 Å². The van der Waals surface area contributed by atoms with E-state index in [0.29, 0.717) is 13.0 Å². The van der Waals surface area contributed by atoms with Crippen molar-refractivity contribution in [2.45, 2.75) is 18.9 Å². The van der Waals surface area contributed by atoms with E-state index in [9.17, 15) is 4.79 Å². The Morgan fingerprint density at radius 3 is 2.04 bits per heavy atom. The molecule has 0 saturated carbocycles. The van der Waals surface area contributed by atoms with Gasteiger partial charge in [-0.2, -0.15) is 0 Å². The topological polar surface area (TPSA) is 29.1 Å². The van der Waals surface area contributed by atoms with Crippen molar-refractivity contribution in [1.82, 2.24) is 5.32 Å². The third kappa shape index (κ3) is 5.36. The molecule has 3 aromatic rings. The van der Waals surface area contributed by atoms with E-state index in [-0.39, 0.29) is 11.8 Å². The first-order valence-electron chi connectivity index (χ1n) is 8.73. The number of carbonyl (C=O) groups excluding carboxylic acids is 1. The molecule has 0 aromatic heterocycles. The Hall–Kier alpha value is -3.31. The van der Waals surface area contributed by atoms with Gasteiger partial charge in [0, 0.05) is 18.5 Å². The van der Waals surface area contributed by atoms with Gasteiger partial charge in [0.15, 0.2) is 0 Å². The zero-order chi connectivity index (χ0) is 18.0. The fourth-order valence-electron chi connectivity index (χ4n) is 2.68. The summed E-state index contributed by atoms with van der Waals surface area (Å²) in [6, 6.07) is 29.8. The molecule has 2 nitrogen and oxygen atoms in total. The molecule has 1 amide bonds. The van der Waals surface area contributed by atoms with E-state index in [0.717, 1.165) is 16.7 Å². The predicted molar refractivity (Wildman–Crippen MR) is 105 cm³/mol. The van der Waals surface area contributed by atoms with Gasteiger partial charge in [0.2, 0.25) is 5.91 Å². The predicted octanol–water partition coefficient (Wildman–Crippen LogP) is 4.53. The fraction of sp³-hybridized carbons (Fsp3) is 0.125. The molecular formula is C24H21NO. The Kier molecular flexibility index (Phi) is 6.23. The highest BCUT2D eigenvalue weighted by Crippen LogP contribution is 2.19. The highest BCUT2D eigenvalue weighted by Gasteiger charge is 2.13. The van der Waals surface area contributed by atoms with E-state index >= 15 is 0 Å². The average Bonchev–Trinajstić information content (AvgIpc) is 2.72. The maximum Gasteiger partial charge on any atom is 0.221 e. The molecule has 0 aliphatic heterocycles. The summed E-state index contributed by atoms with van der Waals surface area (Å²) < 4.78 is 0. The maximum absolute atomic E-state index is 12.4. The average molecular weight is 339 g/mol. The molecule has 1 N–H and O–H groups in total. The van der Waals surface area contributed by atoms with Crippen LogP contribution in [-0.2, 0) is 11.3 Å². The van der Waals surface area contributed by atoms with Crippen molar-refractivity contribution in [3.63, 3.8) is 0 Å². The standard InChI is InChI=1S/C24H21NO/c26-24(25-19-21-12-6-2-7-13-21)18-23(22-14-8-3-9-15-22)17-16-20-10-4-1-5-11-20/h1-15,23H,18-19H2,(H,25,26)/t23-/m1/s1. The SMILES string of the molecule is O=C(C[C@@H](C#Cc1ccccc1)c1ccccc1)NCc1ccccc1. The highest BCUT2D eigenvalue weighted by molar-refractivity contribution is 5.77. The lowest BCUT2D eigenvalue weighted by Crippen LogP contribution is -2.24. The number of carbonyl (C=O) groups is 1. The number of benzene rings is 3. The summed E-state index contributed by atoms with van der Waals surface area (Å²) in [6.45, 7) is 0.535. The molecule has 128 valence electrons. The van der Waals surface area contributed by atoms with Crippen LogP contribution in [0.4, 0.5) is 0 Å². The summed E-state index contributed by atoms with van der Waals surface area (Å²) >= 11 is 0. The van der Waals surface area contributed by atoms with E-state index in [2.05, 4.69) is 17.2 Å². The third-order valence-electron chi connectivity index (χ3n) is 4.09. The molecule has 0 spiro atoms. The lowest BCUT2D eigenvalue weighted by molar-refractivity contribution is -0.121. The van der Waals surface area contributed by atoms with Gasteiger partial charge in [-0.3, -0.25) is 4.79 Å². The Bertz CT molecular complexity index is 877. The van der Waals surface area contributed by atoms with E-state index in [1.165, 1.54) is 0 Å². The van der Waals surface area contributed by atoms with E-state index < -0.39 is 0 Å². The van der Waals surface area contributed by atoms with Gasteiger partial charge in [0.25, 0.3) is 0 Å². The zero-order valence-electron chi connectivity index (χ0n) is 14.6. The van der Waals surface area contributed by atoms with Crippen LogP contribution in [0, 0.1) is 11.8 Å². The van der Waals surface area contributed by atoms with E-state index in [4.69, 9.17) is 0 Å². The molecular weight excluding hydrogens is 318 g/mol. The maximum atomic E-state index is 12.4. The monoisotopic (exact) mass is 339 g/mol. The molecule has 0 heterocycles. The number of hydrogen-bond acceptors (Lipinski definition) is 1. The van der Waals surface area contributed by atoms with Crippen LogP contribution >= 0.6 is 0 Å². The number of amides is 1. The Morgan fingerprint density at radius 2 is 1.38 bits per heavy atom. The van der Waals surface area contributed by atoms with Gasteiger partial charge in [0.05, 0.1) is 5.92 Å². The normalized spacial score (nSPS) is 11.1. The molecule has 3 aromatic carbocycles. The van der Waals surface area contributed by atoms with Crippen molar-refractivity contribution < 1.29 is 4.79 Å². The molecule has 0 saturated heterocycles. The smallest absolute Gasteiger partial charge is 0.221 e. The van der Waals surface area contributed by atoms with Crippen molar-refractivity contribution in [3.05, 3.63) is 108 Å². The molecule has 3 rings (SSSR count). The second kappa shape index (κ2) is 9.25. The summed E-state index contributed by atoms with van der Waals surface area (Å²) in [5.74, 6) is 6.34. The molecule has 26 heavy (non-hydrogen) atoms. The van der Waals surface area contributed by atoms with Crippen LogP contribution in [0.2, 0.25) is 0 Å². The van der Waals surface area contributed by atoms with Gasteiger partial charge in [-0.25, -0.2) is 0 Å². The van der Waals surface area contributed by atoms with Crippen molar-refractivity contribution in [2.24, 2.45) is 0 Å². The third-order valence-corrected chi connectivity index (χ3v) is 4.09.